The van der Waals surface area contributed by atoms with E-state index in [2.05, 4.69) is 26.0 Å². The molecule has 0 aliphatic rings. The predicted octanol–water partition coefficient (Wildman–Crippen LogP) is 5.72. The number of fused-ring (bicyclic) bond motifs is 1. The molecule has 4 rings (SSSR count). The maximum absolute atomic E-state index is 13.4. The number of pyridine rings is 1. The normalized spacial score (nSPS) is 12.1. The molecule has 0 fully saturated rings. The summed E-state index contributed by atoms with van der Waals surface area (Å²) < 4.78 is 8.08. The lowest BCUT2D eigenvalue weighted by atomic mass is 10.1. The Labute approximate surface area is 221 Å². The van der Waals surface area contributed by atoms with Crippen LogP contribution in [-0.4, -0.2) is 39.9 Å². The number of halogens is 1. The fourth-order valence-electron chi connectivity index (χ4n) is 3.55. The van der Waals surface area contributed by atoms with Gasteiger partial charge >= 0.3 is 0 Å². The van der Waals surface area contributed by atoms with Crippen molar-refractivity contribution >= 4 is 44.4 Å². The molecule has 0 bridgehead atoms. The first-order chi connectivity index (χ1) is 17.7. The van der Waals surface area contributed by atoms with E-state index in [1.54, 1.807) is 18.3 Å². The highest BCUT2D eigenvalue weighted by molar-refractivity contribution is 9.10. The van der Waals surface area contributed by atoms with Crippen molar-refractivity contribution in [2.45, 2.75) is 26.2 Å². The molecule has 10 nitrogen and oxygen atoms in total. The lowest BCUT2D eigenvalue weighted by Crippen LogP contribution is -2.23. The quantitative estimate of drug-likeness (QED) is 0.153. The van der Waals surface area contributed by atoms with Crippen molar-refractivity contribution in [2.24, 2.45) is 5.10 Å². The number of nitro groups is 1. The third kappa shape index (κ3) is 5.67. The molecular formula is C26H25BrN6O4. The lowest BCUT2D eigenvalue weighted by molar-refractivity contribution is -0.385. The van der Waals surface area contributed by atoms with Crippen molar-refractivity contribution in [2.75, 3.05) is 19.0 Å². The highest BCUT2D eigenvalue weighted by Gasteiger charge is 2.16. The van der Waals surface area contributed by atoms with Gasteiger partial charge in [0, 0.05) is 53.9 Å². The molecule has 0 aliphatic carbocycles. The van der Waals surface area contributed by atoms with Crippen LogP contribution >= 0.6 is 15.9 Å². The van der Waals surface area contributed by atoms with E-state index in [-0.39, 0.29) is 23.0 Å². The van der Waals surface area contributed by atoms with Gasteiger partial charge in [0.2, 0.25) is 5.88 Å². The van der Waals surface area contributed by atoms with Crippen LogP contribution in [0, 0.1) is 10.1 Å². The van der Waals surface area contributed by atoms with E-state index in [0.29, 0.717) is 28.0 Å². The average molecular weight is 565 g/mol. The third-order valence-electron chi connectivity index (χ3n) is 5.86. The van der Waals surface area contributed by atoms with Gasteiger partial charge in [-0.15, -0.1) is 0 Å². The minimum absolute atomic E-state index is 0.00552. The van der Waals surface area contributed by atoms with Gasteiger partial charge in [-0.2, -0.15) is 9.78 Å². The van der Waals surface area contributed by atoms with Gasteiger partial charge in [-0.25, -0.2) is 9.97 Å². The van der Waals surface area contributed by atoms with Crippen LogP contribution in [-0.2, 0) is 0 Å². The summed E-state index contributed by atoms with van der Waals surface area (Å²) in [7, 11) is 3.79. The first-order valence-electron chi connectivity index (χ1n) is 11.5. The van der Waals surface area contributed by atoms with Crippen molar-refractivity contribution in [3.8, 4) is 11.6 Å². The summed E-state index contributed by atoms with van der Waals surface area (Å²) in [5.41, 5.74) is 1.65. The molecule has 0 aliphatic heterocycles. The van der Waals surface area contributed by atoms with E-state index >= 15 is 0 Å². The van der Waals surface area contributed by atoms with Crippen LogP contribution in [0.2, 0.25) is 0 Å². The van der Waals surface area contributed by atoms with E-state index in [1.165, 1.54) is 16.8 Å². The Bertz CT molecular complexity index is 1550. The van der Waals surface area contributed by atoms with Gasteiger partial charge in [-0.1, -0.05) is 29.8 Å². The van der Waals surface area contributed by atoms with E-state index in [9.17, 15) is 14.9 Å². The Hall–Kier alpha value is -4.12. The smallest absolute Gasteiger partial charge is 0.287 e. The fourth-order valence-corrected chi connectivity index (χ4v) is 3.91. The number of nitrogens with zero attached hydrogens (tertiary/aromatic N) is 6. The van der Waals surface area contributed by atoms with E-state index in [4.69, 9.17) is 9.72 Å². The van der Waals surface area contributed by atoms with Gasteiger partial charge in [-0.05, 0) is 36.8 Å². The van der Waals surface area contributed by atoms with Crippen LogP contribution in [0.1, 0.15) is 37.6 Å². The van der Waals surface area contributed by atoms with Gasteiger partial charge in [0.05, 0.1) is 22.0 Å². The summed E-state index contributed by atoms with van der Waals surface area (Å²) in [6.07, 6.45) is 3.45. The standard InChI is InChI=1S/C26H25BrN6O4/c1-5-16(2)25-30-22-10-7-18(27)12-21(22)26(34)32(25)29-14-17-6-8-19(31(3)4)13-23(17)37-24-11-9-20(15-28-24)33(35)36/h6-16H,5H2,1-4H3/t16-/m1/s1. The molecule has 0 spiro atoms. The van der Waals surface area contributed by atoms with Crippen LogP contribution < -0.4 is 15.2 Å². The molecule has 11 heteroatoms. The van der Waals surface area contributed by atoms with Gasteiger partial charge in [0.25, 0.3) is 11.2 Å². The summed E-state index contributed by atoms with van der Waals surface area (Å²) in [5, 5.41) is 15.9. The predicted molar refractivity (Wildman–Crippen MR) is 147 cm³/mol. The highest BCUT2D eigenvalue weighted by atomic mass is 79.9. The monoisotopic (exact) mass is 564 g/mol. The van der Waals surface area contributed by atoms with E-state index in [1.807, 2.05) is 57.1 Å². The maximum atomic E-state index is 13.4. The van der Waals surface area contributed by atoms with Crippen molar-refractivity contribution in [3.05, 3.63) is 91.1 Å². The second kappa shape index (κ2) is 10.9. The molecule has 190 valence electrons. The molecule has 4 aromatic rings. The van der Waals surface area contributed by atoms with E-state index < -0.39 is 4.92 Å². The van der Waals surface area contributed by atoms with Crippen LogP contribution in [0.5, 0.6) is 11.6 Å². The topological polar surface area (TPSA) is 116 Å². The summed E-state index contributed by atoms with van der Waals surface area (Å²) in [4.78, 5) is 34.6. The Balaban J connectivity index is 1.80. The zero-order chi connectivity index (χ0) is 26.7. The molecular weight excluding hydrogens is 540 g/mol. The molecule has 1 atom stereocenters. The Morgan fingerprint density at radius 1 is 1.22 bits per heavy atom. The van der Waals surface area contributed by atoms with Crippen LogP contribution in [0.15, 0.2) is 69.1 Å². The number of rotatable bonds is 8. The van der Waals surface area contributed by atoms with Crippen LogP contribution in [0.4, 0.5) is 11.4 Å². The first-order valence-corrected chi connectivity index (χ1v) is 12.3. The number of benzene rings is 2. The molecule has 0 saturated heterocycles. The Morgan fingerprint density at radius 2 is 2.00 bits per heavy atom. The second-order valence-corrected chi connectivity index (χ2v) is 9.55. The molecule has 0 saturated carbocycles. The molecule has 0 N–H and O–H groups in total. The number of ether oxygens (including phenoxy) is 1. The lowest BCUT2D eigenvalue weighted by Gasteiger charge is -2.16. The molecule has 0 radical (unpaired) electrons. The zero-order valence-electron chi connectivity index (χ0n) is 20.8. The number of hydrogen-bond donors (Lipinski definition) is 0. The van der Waals surface area contributed by atoms with Crippen molar-refractivity contribution < 1.29 is 9.66 Å². The minimum Gasteiger partial charge on any atom is -0.438 e. The second-order valence-electron chi connectivity index (χ2n) is 8.63. The largest absolute Gasteiger partial charge is 0.438 e. The molecule has 2 aromatic heterocycles. The van der Waals surface area contributed by atoms with Crippen molar-refractivity contribution in [1.82, 2.24) is 14.6 Å². The van der Waals surface area contributed by atoms with E-state index in [0.717, 1.165) is 22.8 Å². The summed E-state index contributed by atoms with van der Waals surface area (Å²) in [5.74, 6) is 1.16. The molecule has 0 amide bonds. The van der Waals surface area contributed by atoms with Crippen LogP contribution in [0.3, 0.4) is 0 Å². The Morgan fingerprint density at radius 3 is 2.65 bits per heavy atom. The van der Waals surface area contributed by atoms with Crippen molar-refractivity contribution in [3.63, 3.8) is 0 Å². The van der Waals surface area contributed by atoms with Gasteiger partial charge < -0.3 is 9.64 Å². The Kier molecular flexibility index (Phi) is 7.63. The molecule has 2 aromatic carbocycles. The molecule has 37 heavy (non-hydrogen) atoms. The average Bonchev–Trinajstić information content (AvgIpc) is 2.88. The molecule has 2 heterocycles. The third-order valence-corrected chi connectivity index (χ3v) is 6.35. The summed E-state index contributed by atoms with van der Waals surface area (Å²) in [6, 6.07) is 13.7. The summed E-state index contributed by atoms with van der Waals surface area (Å²) in [6.45, 7) is 4.03. The summed E-state index contributed by atoms with van der Waals surface area (Å²) >= 11 is 3.42. The number of hydrogen-bond acceptors (Lipinski definition) is 8. The number of aromatic nitrogens is 3. The van der Waals surface area contributed by atoms with Gasteiger partial charge in [-0.3, -0.25) is 14.9 Å². The van der Waals surface area contributed by atoms with Gasteiger partial charge in [0.15, 0.2) is 0 Å². The van der Waals surface area contributed by atoms with Crippen molar-refractivity contribution in [1.29, 1.82) is 0 Å². The minimum atomic E-state index is -0.524. The SMILES string of the molecule is CC[C@@H](C)c1nc2ccc(Br)cc2c(=O)n1N=Cc1ccc(N(C)C)cc1Oc1ccc([N+](=O)[O-])cn1. The highest BCUT2D eigenvalue weighted by Crippen LogP contribution is 2.29. The fraction of sp³-hybridized carbons (Fsp3) is 0.231. The number of anilines is 1. The maximum Gasteiger partial charge on any atom is 0.287 e. The van der Waals surface area contributed by atoms with Crippen LogP contribution in [0.25, 0.3) is 10.9 Å². The zero-order valence-corrected chi connectivity index (χ0v) is 22.3. The van der Waals surface area contributed by atoms with Gasteiger partial charge in [0.1, 0.15) is 17.8 Å². The first kappa shape index (κ1) is 26.0. The molecule has 0 unspecified atom stereocenters.